The topological polar surface area (TPSA) is 21.1 Å². The molecule has 1 heterocycles. The number of rotatable bonds is 5. The van der Waals surface area contributed by atoms with Gasteiger partial charge in [0.05, 0.1) is 12.2 Å². The van der Waals surface area contributed by atoms with E-state index in [0.717, 1.165) is 13.0 Å². The molecule has 0 aromatic carbocycles. The first-order valence-electron chi connectivity index (χ1n) is 5.29. The Balaban J connectivity index is 2.54. The molecule has 3 nitrogen and oxygen atoms in total. The molecule has 1 aromatic rings. The molecular weight excluding hydrogens is 174 g/mol. The van der Waals surface area contributed by atoms with Gasteiger partial charge in [0.15, 0.2) is 0 Å². The molecule has 0 N–H and O–H groups in total. The van der Waals surface area contributed by atoms with Gasteiger partial charge < -0.3 is 4.90 Å². The summed E-state index contributed by atoms with van der Waals surface area (Å²) in [7, 11) is 4.22. The second-order valence-corrected chi connectivity index (χ2v) is 4.15. The molecule has 0 bridgehead atoms. The highest BCUT2D eigenvalue weighted by Gasteiger charge is 2.09. The molecule has 0 saturated heterocycles. The van der Waals surface area contributed by atoms with Crippen LogP contribution in [0.25, 0.3) is 0 Å². The summed E-state index contributed by atoms with van der Waals surface area (Å²) >= 11 is 0. The molecule has 0 amide bonds. The first kappa shape index (κ1) is 11.2. The lowest BCUT2D eigenvalue weighted by molar-refractivity contribution is 0.328. The minimum absolute atomic E-state index is 0.547. The fourth-order valence-electron chi connectivity index (χ4n) is 1.56. The molecular formula is C11H21N3. The Bertz CT molecular complexity index is 265. The zero-order chi connectivity index (χ0) is 10.6. The van der Waals surface area contributed by atoms with Crippen LogP contribution < -0.4 is 0 Å². The van der Waals surface area contributed by atoms with E-state index in [0.29, 0.717) is 6.04 Å². The van der Waals surface area contributed by atoms with Crippen LogP contribution >= 0.6 is 0 Å². The number of hydrogen-bond donors (Lipinski definition) is 0. The van der Waals surface area contributed by atoms with Crippen molar-refractivity contribution in [1.82, 2.24) is 14.7 Å². The summed E-state index contributed by atoms with van der Waals surface area (Å²) in [6.07, 6.45) is 6.38. The van der Waals surface area contributed by atoms with E-state index in [4.69, 9.17) is 0 Å². The molecule has 14 heavy (non-hydrogen) atoms. The Kier molecular flexibility index (Phi) is 4.14. The molecule has 1 atom stereocenters. The van der Waals surface area contributed by atoms with Crippen molar-refractivity contribution in [3.63, 3.8) is 0 Å². The van der Waals surface area contributed by atoms with E-state index >= 15 is 0 Å². The Hall–Kier alpha value is -0.830. The van der Waals surface area contributed by atoms with Crippen molar-refractivity contribution < 1.29 is 0 Å². The minimum atomic E-state index is 0.547. The summed E-state index contributed by atoms with van der Waals surface area (Å²) < 4.78 is 2.10. The van der Waals surface area contributed by atoms with Gasteiger partial charge in [-0.2, -0.15) is 5.10 Å². The number of hydrogen-bond acceptors (Lipinski definition) is 2. The van der Waals surface area contributed by atoms with Crippen molar-refractivity contribution in [1.29, 1.82) is 0 Å². The average Bonchev–Trinajstić information content (AvgIpc) is 2.53. The standard InChI is InChI=1S/C11H21N3/c1-5-11(6-7-13(3)4)14-9-10(2)8-12-14/h8-9,11H,5-7H2,1-4H3. The van der Waals surface area contributed by atoms with Gasteiger partial charge >= 0.3 is 0 Å². The zero-order valence-corrected chi connectivity index (χ0v) is 9.70. The van der Waals surface area contributed by atoms with Crippen LogP contribution in [0.4, 0.5) is 0 Å². The van der Waals surface area contributed by atoms with Crippen molar-refractivity contribution in [2.24, 2.45) is 0 Å². The van der Waals surface area contributed by atoms with Crippen LogP contribution in [0.15, 0.2) is 12.4 Å². The molecule has 0 fully saturated rings. The summed E-state index contributed by atoms with van der Waals surface area (Å²) in [6, 6.07) is 0.547. The van der Waals surface area contributed by atoms with Gasteiger partial charge in [-0.25, -0.2) is 0 Å². The lowest BCUT2D eigenvalue weighted by Gasteiger charge is -2.18. The third kappa shape index (κ3) is 3.14. The van der Waals surface area contributed by atoms with Gasteiger partial charge in [-0.1, -0.05) is 6.92 Å². The van der Waals surface area contributed by atoms with Gasteiger partial charge in [-0.3, -0.25) is 4.68 Å². The summed E-state index contributed by atoms with van der Waals surface area (Å²) in [6.45, 7) is 5.43. The third-order valence-corrected chi connectivity index (χ3v) is 2.49. The molecule has 1 aromatic heterocycles. The van der Waals surface area contributed by atoms with Crippen LogP contribution in [0.5, 0.6) is 0 Å². The molecule has 0 spiro atoms. The predicted molar refractivity (Wildman–Crippen MR) is 59.5 cm³/mol. The van der Waals surface area contributed by atoms with Gasteiger partial charge in [0.2, 0.25) is 0 Å². The molecule has 3 heteroatoms. The quantitative estimate of drug-likeness (QED) is 0.717. The fraction of sp³-hybridized carbons (Fsp3) is 0.727. The van der Waals surface area contributed by atoms with E-state index in [-0.39, 0.29) is 0 Å². The predicted octanol–water partition coefficient (Wildman–Crippen LogP) is 2.09. The zero-order valence-electron chi connectivity index (χ0n) is 9.70. The first-order chi connectivity index (χ1) is 6.63. The summed E-state index contributed by atoms with van der Waals surface area (Å²) in [4.78, 5) is 2.22. The van der Waals surface area contributed by atoms with E-state index < -0.39 is 0 Å². The van der Waals surface area contributed by atoms with E-state index in [1.807, 2.05) is 6.20 Å². The van der Waals surface area contributed by atoms with Gasteiger partial charge in [0.25, 0.3) is 0 Å². The smallest absolute Gasteiger partial charge is 0.0528 e. The lowest BCUT2D eigenvalue weighted by Crippen LogP contribution is -2.19. The Morgan fingerprint density at radius 1 is 1.50 bits per heavy atom. The molecule has 0 aliphatic rings. The van der Waals surface area contributed by atoms with Crippen LogP contribution in [0.2, 0.25) is 0 Å². The highest BCUT2D eigenvalue weighted by atomic mass is 15.3. The lowest BCUT2D eigenvalue weighted by atomic mass is 10.1. The van der Waals surface area contributed by atoms with Crippen LogP contribution in [0.3, 0.4) is 0 Å². The molecule has 1 unspecified atom stereocenters. The molecule has 0 saturated carbocycles. The van der Waals surface area contributed by atoms with Gasteiger partial charge in [0, 0.05) is 6.20 Å². The maximum Gasteiger partial charge on any atom is 0.0528 e. The summed E-state index contributed by atoms with van der Waals surface area (Å²) in [5.41, 5.74) is 1.24. The van der Waals surface area contributed by atoms with Crippen molar-refractivity contribution in [3.8, 4) is 0 Å². The fourth-order valence-corrected chi connectivity index (χ4v) is 1.56. The normalized spacial score (nSPS) is 13.5. The minimum Gasteiger partial charge on any atom is -0.309 e. The highest BCUT2D eigenvalue weighted by Crippen LogP contribution is 2.15. The summed E-state index contributed by atoms with van der Waals surface area (Å²) in [5, 5.41) is 4.36. The van der Waals surface area contributed by atoms with Crippen molar-refractivity contribution in [2.75, 3.05) is 20.6 Å². The Labute approximate surface area is 86.7 Å². The van der Waals surface area contributed by atoms with Crippen LogP contribution in [-0.2, 0) is 0 Å². The van der Waals surface area contributed by atoms with Crippen molar-refractivity contribution >= 4 is 0 Å². The van der Waals surface area contributed by atoms with Crippen molar-refractivity contribution in [3.05, 3.63) is 18.0 Å². The molecule has 0 aliphatic heterocycles. The maximum absolute atomic E-state index is 4.36. The second kappa shape index (κ2) is 5.15. The van der Waals surface area contributed by atoms with Crippen LogP contribution in [0.1, 0.15) is 31.4 Å². The largest absolute Gasteiger partial charge is 0.309 e. The van der Waals surface area contributed by atoms with Crippen LogP contribution in [0, 0.1) is 6.92 Å². The number of nitrogens with zero attached hydrogens (tertiary/aromatic N) is 3. The maximum atomic E-state index is 4.36. The van der Waals surface area contributed by atoms with Crippen LogP contribution in [-0.4, -0.2) is 35.3 Å². The second-order valence-electron chi connectivity index (χ2n) is 4.15. The van der Waals surface area contributed by atoms with Gasteiger partial charge in [-0.15, -0.1) is 0 Å². The number of aromatic nitrogens is 2. The monoisotopic (exact) mass is 195 g/mol. The molecule has 0 aliphatic carbocycles. The van der Waals surface area contributed by atoms with Gasteiger partial charge in [-0.05, 0) is 46.0 Å². The van der Waals surface area contributed by atoms with E-state index in [2.05, 4.69) is 48.8 Å². The Morgan fingerprint density at radius 3 is 2.64 bits per heavy atom. The van der Waals surface area contributed by atoms with E-state index in [1.165, 1.54) is 12.0 Å². The van der Waals surface area contributed by atoms with E-state index in [9.17, 15) is 0 Å². The molecule has 80 valence electrons. The number of aryl methyl sites for hydroxylation is 1. The molecule has 1 rings (SSSR count). The SMILES string of the molecule is CCC(CCN(C)C)n1cc(C)cn1. The average molecular weight is 195 g/mol. The summed E-state index contributed by atoms with van der Waals surface area (Å²) in [5.74, 6) is 0. The van der Waals surface area contributed by atoms with E-state index in [1.54, 1.807) is 0 Å². The Morgan fingerprint density at radius 2 is 2.21 bits per heavy atom. The first-order valence-corrected chi connectivity index (χ1v) is 5.29. The highest BCUT2D eigenvalue weighted by molar-refractivity contribution is 5.00. The van der Waals surface area contributed by atoms with Gasteiger partial charge in [0.1, 0.15) is 0 Å². The van der Waals surface area contributed by atoms with Crippen molar-refractivity contribution in [2.45, 2.75) is 32.7 Å². The third-order valence-electron chi connectivity index (χ3n) is 2.49. The molecule has 0 radical (unpaired) electrons.